The van der Waals surface area contributed by atoms with Gasteiger partial charge in [-0.05, 0) is 46.5 Å². The molecule has 0 amide bonds. The van der Waals surface area contributed by atoms with Gasteiger partial charge < -0.3 is 19.6 Å². The Morgan fingerprint density at radius 3 is 1.85 bits per heavy atom. The Hall–Kier alpha value is -0.220. The maximum Gasteiger partial charge on any atom is 0.340 e. The molecule has 0 bridgehead atoms. The molecule has 0 heterocycles. The molecule has 118 valence electrons. The minimum absolute atomic E-state index is 0.228. The van der Waals surface area contributed by atoms with Crippen LogP contribution in [0.15, 0.2) is 23.3 Å². The van der Waals surface area contributed by atoms with E-state index in [4.69, 9.17) is 19.6 Å². The van der Waals surface area contributed by atoms with Gasteiger partial charge in [0.2, 0.25) is 0 Å². The number of rotatable bonds is 8. The van der Waals surface area contributed by atoms with Crippen LogP contribution >= 0.6 is 15.2 Å². The number of hydrogen-bond acceptors (Lipinski definition) is 2. The number of allylic oxidation sites excluding steroid dienone is 4. The lowest BCUT2D eigenvalue weighted by Crippen LogP contribution is -2.08. The second-order valence-corrected chi connectivity index (χ2v) is 9.12. The van der Waals surface area contributed by atoms with Crippen LogP contribution in [-0.2, 0) is 9.13 Å². The zero-order chi connectivity index (χ0) is 16.0. The highest BCUT2D eigenvalue weighted by Crippen LogP contribution is 2.61. The molecule has 0 aliphatic heterocycles. The quantitative estimate of drug-likeness (QED) is 0.402. The predicted molar refractivity (Wildman–Crippen MR) is 79.5 cm³/mol. The lowest BCUT2D eigenvalue weighted by molar-refractivity contribution is 0.335. The highest BCUT2D eigenvalue weighted by molar-refractivity contribution is 7.70. The van der Waals surface area contributed by atoms with Crippen LogP contribution in [0.3, 0.4) is 0 Å². The Kier molecular flexibility index (Phi) is 8.19. The summed E-state index contributed by atoms with van der Waals surface area (Å²) < 4.78 is 22.1. The van der Waals surface area contributed by atoms with Gasteiger partial charge in [-0.1, -0.05) is 23.3 Å². The normalized spacial score (nSPS) is 13.7. The van der Waals surface area contributed by atoms with E-state index in [2.05, 4.69) is 6.08 Å². The molecule has 0 radical (unpaired) electrons. The summed E-state index contributed by atoms with van der Waals surface area (Å²) in [5, 5.41) is -1.91. The fourth-order valence-electron chi connectivity index (χ4n) is 1.70. The van der Waals surface area contributed by atoms with Crippen molar-refractivity contribution >= 4 is 15.2 Å². The Labute approximate surface area is 119 Å². The van der Waals surface area contributed by atoms with Crippen molar-refractivity contribution in [1.82, 2.24) is 0 Å². The van der Waals surface area contributed by atoms with E-state index in [9.17, 15) is 9.13 Å². The summed E-state index contributed by atoms with van der Waals surface area (Å²) in [5.41, 5.74) is 2.26. The van der Waals surface area contributed by atoms with E-state index in [0.29, 0.717) is 0 Å². The third-order valence-electron chi connectivity index (χ3n) is 2.79. The highest BCUT2D eigenvalue weighted by Gasteiger charge is 2.42. The summed E-state index contributed by atoms with van der Waals surface area (Å²) in [6, 6.07) is 0. The number of hydrogen-bond donors (Lipinski definition) is 4. The van der Waals surface area contributed by atoms with Crippen molar-refractivity contribution in [3.63, 3.8) is 0 Å². The van der Waals surface area contributed by atoms with Crippen molar-refractivity contribution < 1.29 is 28.7 Å². The van der Waals surface area contributed by atoms with Gasteiger partial charge in [-0.2, -0.15) is 0 Å². The SMILES string of the molecule is CC(C)=CCC/C(C)=C/CCC(P(=O)(O)O)P(=O)(O)O. The zero-order valence-electron chi connectivity index (χ0n) is 12.1. The smallest absolute Gasteiger partial charge is 0.324 e. The Bertz CT molecular complexity index is 431. The molecule has 6 nitrogen and oxygen atoms in total. The fraction of sp³-hybridized carbons (Fsp3) is 0.667. The van der Waals surface area contributed by atoms with Gasteiger partial charge in [-0.3, -0.25) is 9.13 Å². The van der Waals surface area contributed by atoms with Gasteiger partial charge in [-0.25, -0.2) is 0 Å². The van der Waals surface area contributed by atoms with Gasteiger partial charge in [0.25, 0.3) is 0 Å². The molecule has 8 heteroatoms. The third kappa shape index (κ3) is 8.85. The van der Waals surface area contributed by atoms with Gasteiger partial charge in [0, 0.05) is 0 Å². The highest BCUT2D eigenvalue weighted by atomic mass is 31.2. The fourth-order valence-corrected chi connectivity index (χ4v) is 4.24. The molecule has 0 atom stereocenters. The first kappa shape index (κ1) is 19.8. The second kappa shape index (κ2) is 8.28. The minimum atomic E-state index is -4.79. The van der Waals surface area contributed by atoms with Crippen LogP contribution in [0, 0.1) is 0 Å². The van der Waals surface area contributed by atoms with E-state index in [1.54, 1.807) is 6.08 Å². The van der Waals surface area contributed by atoms with Gasteiger partial charge in [-0.15, -0.1) is 0 Å². The first-order valence-electron chi connectivity index (χ1n) is 6.34. The average molecular weight is 326 g/mol. The minimum Gasteiger partial charge on any atom is -0.324 e. The molecule has 4 N–H and O–H groups in total. The second-order valence-electron chi connectivity index (χ2n) is 5.11. The summed E-state index contributed by atoms with van der Waals surface area (Å²) in [5.74, 6) is 0. The molecular weight excluding hydrogens is 302 g/mol. The predicted octanol–water partition coefficient (Wildman–Crippen LogP) is 3.14. The molecule has 0 aliphatic rings. The van der Waals surface area contributed by atoms with Crippen molar-refractivity contribution in [3.05, 3.63) is 23.3 Å². The van der Waals surface area contributed by atoms with Crippen molar-refractivity contribution in [1.29, 1.82) is 0 Å². The van der Waals surface area contributed by atoms with Crippen LogP contribution in [0.2, 0.25) is 0 Å². The van der Waals surface area contributed by atoms with E-state index in [1.165, 1.54) is 5.57 Å². The molecule has 0 saturated heterocycles. The average Bonchev–Trinajstić information content (AvgIpc) is 2.20. The molecule has 0 rings (SSSR count). The van der Waals surface area contributed by atoms with Gasteiger partial charge >= 0.3 is 15.2 Å². The van der Waals surface area contributed by atoms with E-state index >= 15 is 0 Å². The molecule has 0 saturated carbocycles. The van der Waals surface area contributed by atoms with Crippen LogP contribution in [0.1, 0.15) is 46.5 Å². The van der Waals surface area contributed by atoms with Crippen molar-refractivity contribution in [3.8, 4) is 0 Å². The molecule has 20 heavy (non-hydrogen) atoms. The van der Waals surface area contributed by atoms with E-state index in [1.807, 2.05) is 20.8 Å². The molecule has 0 unspecified atom stereocenters. The summed E-state index contributed by atoms with van der Waals surface area (Å²) in [6.07, 6.45) is 5.57. The lowest BCUT2D eigenvalue weighted by Gasteiger charge is -2.18. The van der Waals surface area contributed by atoms with E-state index < -0.39 is 20.6 Å². The first-order chi connectivity index (χ1) is 8.94. The summed E-state index contributed by atoms with van der Waals surface area (Å²) in [7, 11) is -9.59. The summed E-state index contributed by atoms with van der Waals surface area (Å²) >= 11 is 0. The van der Waals surface area contributed by atoms with Crippen LogP contribution in [0.5, 0.6) is 0 Å². The van der Waals surface area contributed by atoms with Crippen molar-refractivity contribution in [2.45, 2.75) is 51.9 Å². The molecule has 0 aromatic carbocycles. The van der Waals surface area contributed by atoms with E-state index in [0.717, 1.165) is 18.4 Å². The molecular formula is C12H24O6P2. The van der Waals surface area contributed by atoms with Crippen LogP contribution in [0.25, 0.3) is 0 Å². The molecule has 0 aromatic heterocycles. The standard InChI is InChI=1S/C12H24O6P2/c1-10(2)6-4-7-11(3)8-5-9-12(19(13,14)15)20(16,17)18/h6,8,12H,4-5,7,9H2,1-3H3,(H2,13,14,15)(H2,16,17,18)/b11-8+. The van der Waals surface area contributed by atoms with Gasteiger partial charge in [0.1, 0.15) is 0 Å². The third-order valence-corrected chi connectivity index (χ3v) is 6.66. The van der Waals surface area contributed by atoms with Crippen molar-refractivity contribution in [2.24, 2.45) is 0 Å². The molecule has 0 aliphatic carbocycles. The Morgan fingerprint density at radius 1 is 0.950 bits per heavy atom. The van der Waals surface area contributed by atoms with Crippen LogP contribution in [0.4, 0.5) is 0 Å². The van der Waals surface area contributed by atoms with Crippen LogP contribution in [-0.4, -0.2) is 25.0 Å². The van der Waals surface area contributed by atoms with E-state index in [-0.39, 0.29) is 12.8 Å². The monoisotopic (exact) mass is 326 g/mol. The maximum absolute atomic E-state index is 11.1. The summed E-state index contributed by atoms with van der Waals surface area (Å²) in [6.45, 7) is 5.90. The molecule has 0 spiro atoms. The lowest BCUT2D eigenvalue weighted by atomic mass is 10.1. The summed E-state index contributed by atoms with van der Waals surface area (Å²) in [4.78, 5) is 35.9. The van der Waals surface area contributed by atoms with Crippen molar-refractivity contribution in [2.75, 3.05) is 0 Å². The van der Waals surface area contributed by atoms with Gasteiger partial charge in [0.15, 0.2) is 5.40 Å². The topological polar surface area (TPSA) is 115 Å². The largest absolute Gasteiger partial charge is 0.340 e. The molecule has 0 aromatic rings. The van der Waals surface area contributed by atoms with Crippen LogP contribution < -0.4 is 0 Å². The Morgan fingerprint density at radius 2 is 1.45 bits per heavy atom. The zero-order valence-corrected chi connectivity index (χ0v) is 13.8. The van der Waals surface area contributed by atoms with Gasteiger partial charge in [0.05, 0.1) is 0 Å². The maximum atomic E-state index is 11.1. The first-order valence-corrected chi connectivity index (χ1v) is 9.70. The Balaban J connectivity index is 4.48. The molecule has 0 fully saturated rings.